The highest BCUT2D eigenvalue weighted by Gasteiger charge is 2.65. The summed E-state index contributed by atoms with van der Waals surface area (Å²) in [6, 6.07) is 0.603. The van der Waals surface area contributed by atoms with Crippen molar-refractivity contribution >= 4 is 39.7 Å². The number of nitrogen functional groups attached to an aromatic ring is 1. The third-order valence-electron chi connectivity index (χ3n) is 5.36. The van der Waals surface area contributed by atoms with E-state index in [9.17, 15) is 4.79 Å². The highest BCUT2D eigenvalue weighted by molar-refractivity contribution is 7.99. The molecule has 3 fully saturated rings. The number of hydrogen-bond acceptors (Lipinski definition) is 5. The minimum absolute atomic E-state index is 0.424. The molecule has 4 atom stereocenters. The summed E-state index contributed by atoms with van der Waals surface area (Å²) in [5.74, 6) is 3.18. The topological polar surface area (TPSA) is 81.1 Å². The van der Waals surface area contributed by atoms with E-state index in [1.165, 1.54) is 30.6 Å². The molecule has 1 aromatic heterocycles. The van der Waals surface area contributed by atoms with Gasteiger partial charge >= 0.3 is 0 Å². The largest absolute Gasteiger partial charge is 0.396 e. The summed E-state index contributed by atoms with van der Waals surface area (Å²) in [5.41, 5.74) is 12.0. The molecule has 1 aromatic rings. The van der Waals surface area contributed by atoms with Gasteiger partial charge in [-0.3, -0.25) is 4.79 Å². The van der Waals surface area contributed by atoms with E-state index in [0.717, 1.165) is 33.6 Å². The minimum atomic E-state index is -0.424. The Morgan fingerprint density at radius 1 is 1.35 bits per heavy atom. The van der Waals surface area contributed by atoms with Gasteiger partial charge in [-0.1, -0.05) is 0 Å². The molecule has 1 heterocycles. The molecule has 3 saturated carbocycles. The number of thioether (sulfide) groups is 1. The van der Waals surface area contributed by atoms with Crippen LogP contribution in [0.15, 0.2) is 4.90 Å². The van der Waals surface area contributed by atoms with E-state index in [2.05, 4.69) is 5.32 Å². The first-order chi connectivity index (χ1) is 9.61. The van der Waals surface area contributed by atoms with Crippen LogP contribution in [0.25, 0.3) is 0 Å². The normalized spacial score (nSPS) is 37.0. The zero-order valence-corrected chi connectivity index (χ0v) is 13.0. The van der Waals surface area contributed by atoms with Gasteiger partial charge in [0.25, 0.3) is 5.91 Å². The van der Waals surface area contributed by atoms with Gasteiger partial charge in [0.15, 0.2) is 0 Å². The molecule has 3 aliphatic rings. The number of primary amides is 1. The smallest absolute Gasteiger partial charge is 0.261 e. The number of fused-ring (bicyclic) bond motifs is 5. The second-order valence-corrected chi connectivity index (χ2v) is 8.07. The van der Waals surface area contributed by atoms with E-state index in [4.69, 9.17) is 11.5 Å². The van der Waals surface area contributed by atoms with Crippen molar-refractivity contribution < 1.29 is 4.79 Å². The number of nitrogens with one attached hydrogen (secondary N) is 1. The van der Waals surface area contributed by atoms with Crippen LogP contribution in [-0.4, -0.2) is 18.2 Å². The molecule has 4 rings (SSSR count). The van der Waals surface area contributed by atoms with Crippen LogP contribution < -0.4 is 16.8 Å². The van der Waals surface area contributed by atoms with Crippen molar-refractivity contribution in [2.75, 3.05) is 17.3 Å². The molecule has 6 heteroatoms. The lowest BCUT2D eigenvalue weighted by molar-refractivity contribution is 0.100. The first kappa shape index (κ1) is 12.8. The number of rotatable bonds is 4. The van der Waals surface area contributed by atoms with E-state index in [1.54, 1.807) is 11.8 Å². The average molecular weight is 309 g/mol. The van der Waals surface area contributed by atoms with Gasteiger partial charge in [-0.05, 0) is 49.2 Å². The van der Waals surface area contributed by atoms with E-state index in [0.29, 0.717) is 16.6 Å². The maximum atomic E-state index is 11.4. The van der Waals surface area contributed by atoms with Gasteiger partial charge in [-0.2, -0.15) is 0 Å². The highest BCUT2D eigenvalue weighted by atomic mass is 32.2. The molecule has 2 bridgehead atoms. The predicted octanol–water partition coefficient (Wildman–Crippen LogP) is 2.61. The summed E-state index contributed by atoms with van der Waals surface area (Å²) in [5, 5.41) is 4.71. The summed E-state index contributed by atoms with van der Waals surface area (Å²) in [7, 11) is 0. The van der Waals surface area contributed by atoms with Crippen molar-refractivity contribution in [2.45, 2.75) is 30.2 Å². The van der Waals surface area contributed by atoms with Gasteiger partial charge in [0, 0.05) is 6.04 Å². The predicted molar refractivity (Wildman–Crippen MR) is 84.3 cm³/mol. The lowest BCUT2D eigenvalue weighted by Gasteiger charge is -2.11. The third kappa shape index (κ3) is 1.64. The molecule has 5 N–H and O–H groups in total. The van der Waals surface area contributed by atoms with Gasteiger partial charge in [0.1, 0.15) is 9.88 Å². The van der Waals surface area contributed by atoms with Crippen LogP contribution in [0, 0.1) is 23.7 Å². The van der Waals surface area contributed by atoms with Gasteiger partial charge in [-0.15, -0.1) is 23.1 Å². The fourth-order valence-electron chi connectivity index (χ4n) is 4.58. The maximum absolute atomic E-state index is 11.4. The Balaban J connectivity index is 1.58. The molecule has 4 nitrogen and oxygen atoms in total. The summed E-state index contributed by atoms with van der Waals surface area (Å²) >= 11 is 3.01. The third-order valence-corrected chi connectivity index (χ3v) is 7.47. The molecule has 108 valence electrons. The molecule has 0 aliphatic heterocycles. The average Bonchev–Trinajstić information content (AvgIpc) is 2.78. The van der Waals surface area contributed by atoms with Crippen molar-refractivity contribution in [3.8, 4) is 0 Å². The number of carbonyl (C=O) groups excluding carboxylic acids is 1. The van der Waals surface area contributed by atoms with E-state index in [-0.39, 0.29) is 0 Å². The van der Waals surface area contributed by atoms with Crippen molar-refractivity contribution in [3.63, 3.8) is 0 Å². The number of nitrogens with two attached hydrogens (primary N) is 2. The fourth-order valence-corrected chi connectivity index (χ4v) is 6.50. The first-order valence-electron chi connectivity index (χ1n) is 7.14. The number of carbonyl (C=O) groups is 1. The van der Waals surface area contributed by atoms with Crippen LogP contribution in [0.5, 0.6) is 0 Å². The zero-order chi connectivity index (χ0) is 14.0. The van der Waals surface area contributed by atoms with E-state index >= 15 is 0 Å². The summed E-state index contributed by atoms with van der Waals surface area (Å²) in [6.07, 6.45) is 6.27. The molecule has 0 radical (unpaired) electrons. The van der Waals surface area contributed by atoms with Crippen molar-refractivity contribution in [3.05, 3.63) is 4.88 Å². The Labute approximate surface area is 126 Å². The van der Waals surface area contributed by atoms with Crippen LogP contribution in [0.1, 0.15) is 28.9 Å². The Morgan fingerprint density at radius 2 is 2.00 bits per heavy atom. The molecule has 0 aromatic carbocycles. The Bertz CT molecular complexity index is 569. The SMILES string of the molecule is CSc1c(NC2C3C4CCC(C4)C23)sc(C(N)=O)c1N. The van der Waals surface area contributed by atoms with Gasteiger partial charge < -0.3 is 16.8 Å². The fraction of sp³-hybridized carbons (Fsp3) is 0.643. The zero-order valence-electron chi connectivity index (χ0n) is 11.4. The first-order valence-corrected chi connectivity index (χ1v) is 9.18. The monoisotopic (exact) mass is 309 g/mol. The minimum Gasteiger partial charge on any atom is -0.396 e. The highest BCUT2D eigenvalue weighted by Crippen LogP contribution is 2.66. The standard InChI is InChI=1S/C14H19N3OS2/c1-19-12-9(15)11(13(16)18)20-14(12)17-10-7-5-2-3-6(4-5)8(7)10/h5-8,10,17H,2-4,15H2,1H3,(H2,16,18). The van der Waals surface area contributed by atoms with Gasteiger partial charge in [0.05, 0.1) is 10.6 Å². The molecular weight excluding hydrogens is 290 g/mol. The van der Waals surface area contributed by atoms with Crippen molar-refractivity contribution in [2.24, 2.45) is 29.4 Å². The molecule has 20 heavy (non-hydrogen) atoms. The quantitative estimate of drug-likeness (QED) is 0.747. The lowest BCUT2D eigenvalue weighted by atomic mass is 10.0. The van der Waals surface area contributed by atoms with Crippen LogP contribution in [0.2, 0.25) is 0 Å². The maximum Gasteiger partial charge on any atom is 0.261 e. The van der Waals surface area contributed by atoms with Crippen molar-refractivity contribution in [1.29, 1.82) is 0 Å². The van der Waals surface area contributed by atoms with Crippen LogP contribution in [0.3, 0.4) is 0 Å². The Hall–Kier alpha value is -0.880. The van der Waals surface area contributed by atoms with Crippen LogP contribution >= 0.6 is 23.1 Å². The molecule has 0 saturated heterocycles. The number of thiophene rings is 1. The van der Waals surface area contributed by atoms with Gasteiger partial charge in [-0.25, -0.2) is 0 Å². The second-order valence-electron chi connectivity index (χ2n) is 6.23. The number of anilines is 2. The molecular formula is C14H19N3OS2. The van der Waals surface area contributed by atoms with Crippen LogP contribution in [-0.2, 0) is 0 Å². The van der Waals surface area contributed by atoms with E-state index < -0.39 is 5.91 Å². The van der Waals surface area contributed by atoms with Crippen molar-refractivity contribution in [1.82, 2.24) is 0 Å². The number of amides is 1. The van der Waals surface area contributed by atoms with E-state index in [1.807, 2.05) is 6.26 Å². The molecule has 0 spiro atoms. The molecule has 3 aliphatic carbocycles. The lowest BCUT2D eigenvalue weighted by Crippen LogP contribution is -2.12. The summed E-state index contributed by atoms with van der Waals surface area (Å²) < 4.78 is 0. The van der Waals surface area contributed by atoms with Crippen LogP contribution in [0.4, 0.5) is 10.7 Å². The summed E-state index contributed by atoms with van der Waals surface area (Å²) in [6.45, 7) is 0. The molecule has 1 amide bonds. The second kappa shape index (κ2) is 4.31. The number of hydrogen-bond donors (Lipinski definition) is 3. The Morgan fingerprint density at radius 3 is 2.55 bits per heavy atom. The van der Waals surface area contributed by atoms with Gasteiger partial charge in [0.2, 0.25) is 0 Å². The summed E-state index contributed by atoms with van der Waals surface area (Å²) in [4.78, 5) is 12.9. The molecule has 4 unspecified atom stereocenters. The Kier molecular flexibility index (Phi) is 2.76.